The zero-order valence-corrected chi connectivity index (χ0v) is 20.9. The van der Waals surface area contributed by atoms with Crippen LogP contribution in [0, 0.1) is 0 Å². The number of carbonyl (C=O) groups excluding carboxylic acids is 2. The first-order valence-corrected chi connectivity index (χ1v) is 12.6. The standard InChI is InChI=1S/C17H34O2.C10H12O3/c1-4-5-6-7-8-9-10-11-12-13-14-15-17(18)19-16(2)3;1-2-7-13-10(12)8-3-5-9(11)6-4-8/h16H,4-15H2,1-3H3;3-6,11H,2,7H2,1H3. The van der Waals surface area contributed by atoms with Crippen molar-refractivity contribution in [2.24, 2.45) is 0 Å². The van der Waals surface area contributed by atoms with Crippen LogP contribution in [0.3, 0.4) is 0 Å². The number of ether oxygens (including phenoxy) is 2. The third-order valence-corrected chi connectivity index (χ3v) is 4.89. The molecule has 0 amide bonds. The van der Waals surface area contributed by atoms with Crippen LogP contribution < -0.4 is 0 Å². The number of benzene rings is 1. The second-order valence-corrected chi connectivity index (χ2v) is 8.51. The molecule has 0 atom stereocenters. The summed E-state index contributed by atoms with van der Waals surface area (Å²) in [5.41, 5.74) is 0.464. The summed E-state index contributed by atoms with van der Waals surface area (Å²) < 4.78 is 10.00. The van der Waals surface area contributed by atoms with Crippen LogP contribution in [0.25, 0.3) is 0 Å². The summed E-state index contributed by atoms with van der Waals surface area (Å²) in [5.74, 6) is -0.236. The van der Waals surface area contributed by atoms with Crippen molar-refractivity contribution in [3.63, 3.8) is 0 Å². The first-order chi connectivity index (χ1) is 15.4. The average molecular weight is 451 g/mol. The first-order valence-electron chi connectivity index (χ1n) is 12.6. The van der Waals surface area contributed by atoms with Gasteiger partial charge in [0.1, 0.15) is 5.75 Å². The van der Waals surface area contributed by atoms with E-state index in [9.17, 15) is 9.59 Å². The van der Waals surface area contributed by atoms with Crippen LogP contribution in [0.5, 0.6) is 5.75 Å². The molecule has 0 aromatic heterocycles. The van der Waals surface area contributed by atoms with Gasteiger partial charge in [0.2, 0.25) is 0 Å². The highest BCUT2D eigenvalue weighted by atomic mass is 16.5. The summed E-state index contributed by atoms with van der Waals surface area (Å²) in [5, 5.41) is 8.96. The van der Waals surface area contributed by atoms with E-state index < -0.39 is 0 Å². The zero-order chi connectivity index (χ0) is 24.0. The minimum Gasteiger partial charge on any atom is -0.508 e. The number of hydrogen-bond acceptors (Lipinski definition) is 5. The fourth-order valence-electron chi connectivity index (χ4n) is 3.13. The van der Waals surface area contributed by atoms with Crippen molar-refractivity contribution >= 4 is 11.9 Å². The predicted octanol–water partition coefficient (Wildman–Crippen LogP) is 7.60. The van der Waals surface area contributed by atoms with Gasteiger partial charge in [-0.2, -0.15) is 0 Å². The van der Waals surface area contributed by atoms with E-state index in [1.54, 1.807) is 0 Å². The van der Waals surface area contributed by atoms with Crippen LogP contribution in [-0.2, 0) is 14.3 Å². The number of esters is 2. The SMILES string of the molecule is CCCCCCCCCCCCCC(=O)OC(C)C.CCCOC(=O)c1ccc(O)cc1. The molecule has 0 fully saturated rings. The van der Waals surface area contributed by atoms with E-state index >= 15 is 0 Å². The summed E-state index contributed by atoms with van der Waals surface area (Å²) in [6, 6.07) is 5.99. The Kier molecular flexibility index (Phi) is 19.5. The second-order valence-electron chi connectivity index (χ2n) is 8.51. The van der Waals surface area contributed by atoms with Gasteiger partial charge >= 0.3 is 11.9 Å². The molecule has 0 aliphatic carbocycles. The summed E-state index contributed by atoms with van der Waals surface area (Å²) in [7, 11) is 0. The second kappa shape index (κ2) is 20.8. The molecule has 0 aliphatic rings. The lowest BCUT2D eigenvalue weighted by molar-refractivity contribution is -0.147. The van der Waals surface area contributed by atoms with Crippen molar-refractivity contribution in [2.45, 2.75) is 117 Å². The minimum atomic E-state index is -0.346. The van der Waals surface area contributed by atoms with Gasteiger partial charge in [-0.1, -0.05) is 78.1 Å². The van der Waals surface area contributed by atoms with Gasteiger partial charge in [0.15, 0.2) is 0 Å². The predicted molar refractivity (Wildman–Crippen MR) is 131 cm³/mol. The molecule has 1 rings (SSSR count). The van der Waals surface area contributed by atoms with Gasteiger partial charge in [-0.05, 0) is 51.0 Å². The Morgan fingerprint density at radius 3 is 1.75 bits per heavy atom. The Morgan fingerprint density at radius 1 is 0.781 bits per heavy atom. The number of rotatable bonds is 16. The molecule has 1 aromatic rings. The number of unbranched alkanes of at least 4 members (excludes halogenated alkanes) is 10. The number of carbonyl (C=O) groups is 2. The molecule has 0 bridgehead atoms. The van der Waals surface area contributed by atoms with Crippen molar-refractivity contribution in [1.29, 1.82) is 0 Å². The zero-order valence-electron chi connectivity index (χ0n) is 20.9. The van der Waals surface area contributed by atoms with E-state index in [2.05, 4.69) is 6.92 Å². The largest absolute Gasteiger partial charge is 0.508 e. The fraction of sp³-hybridized carbons (Fsp3) is 0.704. The summed E-state index contributed by atoms with van der Waals surface area (Å²) >= 11 is 0. The maximum Gasteiger partial charge on any atom is 0.338 e. The van der Waals surface area contributed by atoms with Gasteiger partial charge in [0, 0.05) is 6.42 Å². The van der Waals surface area contributed by atoms with Gasteiger partial charge in [-0.3, -0.25) is 4.79 Å². The van der Waals surface area contributed by atoms with Gasteiger partial charge in [-0.15, -0.1) is 0 Å². The van der Waals surface area contributed by atoms with Crippen LogP contribution in [0.15, 0.2) is 24.3 Å². The Bertz CT molecular complexity index is 580. The van der Waals surface area contributed by atoms with Crippen molar-refractivity contribution in [3.05, 3.63) is 29.8 Å². The first kappa shape index (κ1) is 30.0. The Balaban J connectivity index is 0.000000641. The molecule has 0 aliphatic heterocycles. The molecule has 1 N–H and O–H groups in total. The lowest BCUT2D eigenvalue weighted by atomic mass is 10.1. The fourth-order valence-corrected chi connectivity index (χ4v) is 3.13. The van der Waals surface area contributed by atoms with Crippen molar-refractivity contribution < 1.29 is 24.2 Å². The van der Waals surface area contributed by atoms with Crippen LogP contribution in [0.2, 0.25) is 0 Å². The Labute approximate surface area is 195 Å². The van der Waals surface area contributed by atoms with E-state index in [0.29, 0.717) is 18.6 Å². The van der Waals surface area contributed by atoms with Crippen LogP contribution in [-0.4, -0.2) is 29.8 Å². The highest BCUT2D eigenvalue weighted by Crippen LogP contribution is 2.12. The van der Waals surface area contributed by atoms with Crippen LogP contribution in [0.1, 0.15) is 122 Å². The molecular weight excluding hydrogens is 404 g/mol. The highest BCUT2D eigenvalue weighted by Gasteiger charge is 2.05. The molecule has 32 heavy (non-hydrogen) atoms. The van der Waals surface area contributed by atoms with E-state index in [-0.39, 0.29) is 23.8 Å². The topological polar surface area (TPSA) is 72.8 Å². The molecule has 0 saturated carbocycles. The van der Waals surface area contributed by atoms with E-state index in [1.165, 1.54) is 88.5 Å². The summed E-state index contributed by atoms with van der Waals surface area (Å²) in [6.07, 6.45) is 15.9. The number of phenolic OH excluding ortho intramolecular Hbond substituents is 1. The average Bonchev–Trinajstić information content (AvgIpc) is 2.76. The summed E-state index contributed by atoms with van der Waals surface area (Å²) in [6.45, 7) is 8.43. The van der Waals surface area contributed by atoms with Gasteiger partial charge < -0.3 is 14.6 Å². The van der Waals surface area contributed by atoms with Crippen molar-refractivity contribution in [2.75, 3.05) is 6.61 Å². The molecule has 0 spiro atoms. The molecule has 1 aromatic carbocycles. The van der Waals surface area contributed by atoms with Crippen molar-refractivity contribution in [3.8, 4) is 5.75 Å². The lowest BCUT2D eigenvalue weighted by Crippen LogP contribution is -2.10. The third kappa shape index (κ3) is 18.7. The van der Waals surface area contributed by atoms with Gasteiger partial charge in [-0.25, -0.2) is 4.79 Å². The van der Waals surface area contributed by atoms with E-state index in [0.717, 1.165) is 12.8 Å². The van der Waals surface area contributed by atoms with Crippen LogP contribution in [0.4, 0.5) is 0 Å². The molecule has 5 heteroatoms. The molecule has 0 unspecified atom stereocenters. The molecule has 0 heterocycles. The van der Waals surface area contributed by atoms with E-state index in [4.69, 9.17) is 14.6 Å². The van der Waals surface area contributed by atoms with Crippen LogP contribution >= 0.6 is 0 Å². The Hall–Kier alpha value is -2.04. The molecular formula is C27H46O5. The maximum absolute atomic E-state index is 11.3. The van der Waals surface area contributed by atoms with Crippen molar-refractivity contribution in [1.82, 2.24) is 0 Å². The third-order valence-electron chi connectivity index (χ3n) is 4.89. The molecule has 0 radical (unpaired) electrons. The Morgan fingerprint density at radius 2 is 1.28 bits per heavy atom. The molecule has 0 saturated heterocycles. The number of phenols is 1. The van der Waals surface area contributed by atoms with Gasteiger partial charge in [0.25, 0.3) is 0 Å². The quantitative estimate of drug-likeness (QED) is 0.207. The highest BCUT2D eigenvalue weighted by molar-refractivity contribution is 5.89. The number of hydrogen-bond donors (Lipinski definition) is 1. The maximum atomic E-state index is 11.3. The normalized spacial score (nSPS) is 10.4. The molecule has 5 nitrogen and oxygen atoms in total. The monoisotopic (exact) mass is 450 g/mol. The van der Waals surface area contributed by atoms with Gasteiger partial charge in [0.05, 0.1) is 18.3 Å². The summed E-state index contributed by atoms with van der Waals surface area (Å²) in [4.78, 5) is 22.5. The lowest BCUT2D eigenvalue weighted by Gasteiger charge is -2.07. The molecule has 184 valence electrons. The van der Waals surface area contributed by atoms with E-state index in [1.807, 2.05) is 20.8 Å². The smallest absolute Gasteiger partial charge is 0.338 e. The number of aromatic hydroxyl groups is 1. The minimum absolute atomic E-state index is 0.0280.